The largest absolute Gasteiger partial charge is 0.364 e. The van der Waals surface area contributed by atoms with Gasteiger partial charge >= 0.3 is 0 Å². The molecular weight excluding hydrogens is 338 g/mol. The first-order valence-corrected chi connectivity index (χ1v) is 9.75. The first kappa shape index (κ1) is 19.2. The third kappa shape index (κ3) is 5.72. The molecule has 1 aromatic heterocycles. The normalized spacial score (nSPS) is 13.0. The number of hydrogen-bond donors (Lipinski definition) is 3. The molecule has 1 heterocycles. The van der Waals surface area contributed by atoms with E-state index in [4.69, 9.17) is 0 Å². The number of aromatic nitrogens is 1. The van der Waals surface area contributed by atoms with E-state index in [2.05, 4.69) is 15.0 Å². The molecule has 0 saturated carbocycles. The maximum atomic E-state index is 12.6. The number of carbonyl (C=O) groups is 1. The standard InChI is InChI=1S/C18H25N3O3S/c1-13(2)11-17(18(22)20-12-15-5-4-10-19-15)21-25(23,24)16-8-6-14(3)7-9-16/h4-10,13,17,19,21H,11-12H2,1-3H3,(H,20,22)/t17-/m1/s1. The number of carbonyl (C=O) groups excluding carboxylic acids is 1. The molecule has 2 rings (SSSR count). The molecular formula is C18H25N3O3S. The highest BCUT2D eigenvalue weighted by atomic mass is 32.2. The smallest absolute Gasteiger partial charge is 0.241 e. The number of amides is 1. The number of H-pyrrole nitrogens is 1. The molecule has 0 saturated heterocycles. The topological polar surface area (TPSA) is 91.1 Å². The van der Waals surface area contributed by atoms with Gasteiger partial charge in [0, 0.05) is 11.9 Å². The molecule has 0 unspecified atom stereocenters. The summed E-state index contributed by atoms with van der Waals surface area (Å²) >= 11 is 0. The Hall–Kier alpha value is -2.12. The second-order valence-corrected chi connectivity index (χ2v) is 8.24. The molecule has 2 aromatic rings. The van der Waals surface area contributed by atoms with E-state index in [0.29, 0.717) is 13.0 Å². The summed E-state index contributed by atoms with van der Waals surface area (Å²) in [6.45, 7) is 6.11. The van der Waals surface area contributed by atoms with E-state index in [1.165, 1.54) is 0 Å². The number of aryl methyl sites for hydroxylation is 1. The van der Waals surface area contributed by atoms with Gasteiger partial charge in [0.25, 0.3) is 0 Å². The zero-order chi connectivity index (χ0) is 18.4. The molecule has 7 heteroatoms. The molecule has 0 aliphatic carbocycles. The molecule has 3 N–H and O–H groups in total. The van der Waals surface area contributed by atoms with Crippen LogP contribution in [0.25, 0.3) is 0 Å². The van der Waals surface area contributed by atoms with Crippen molar-refractivity contribution in [1.29, 1.82) is 0 Å². The minimum atomic E-state index is -3.76. The third-order valence-electron chi connectivity index (χ3n) is 3.77. The van der Waals surface area contributed by atoms with Gasteiger partial charge in [0.15, 0.2) is 0 Å². The van der Waals surface area contributed by atoms with Crippen LogP contribution in [0.3, 0.4) is 0 Å². The van der Waals surface area contributed by atoms with Crippen LogP contribution in [0.1, 0.15) is 31.5 Å². The van der Waals surface area contributed by atoms with Gasteiger partial charge in [0.1, 0.15) is 6.04 Å². The third-order valence-corrected chi connectivity index (χ3v) is 5.26. The highest BCUT2D eigenvalue weighted by Crippen LogP contribution is 2.13. The zero-order valence-corrected chi connectivity index (χ0v) is 15.6. The summed E-state index contributed by atoms with van der Waals surface area (Å²) in [5, 5.41) is 2.78. The summed E-state index contributed by atoms with van der Waals surface area (Å²) < 4.78 is 27.7. The van der Waals surface area contributed by atoms with Gasteiger partial charge in [-0.25, -0.2) is 8.42 Å². The van der Waals surface area contributed by atoms with Gasteiger partial charge in [0.05, 0.1) is 11.4 Å². The quantitative estimate of drug-likeness (QED) is 0.672. The number of rotatable bonds is 8. The minimum absolute atomic E-state index is 0.157. The number of nitrogens with one attached hydrogen (secondary N) is 3. The summed E-state index contributed by atoms with van der Waals surface area (Å²) in [4.78, 5) is 15.6. The Morgan fingerprint density at radius 2 is 1.84 bits per heavy atom. The number of sulfonamides is 1. The fraction of sp³-hybridized carbons (Fsp3) is 0.389. The first-order chi connectivity index (χ1) is 11.8. The Morgan fingerprint density at radius 1 is 1.16 bits per heavy atom. The van der Waals surface area contributed by atoms with E-state index in [1.54, 1.807) is 30.5 Å². The Morgan fingerprint density at radius 3 is 2.40 bits per heavy atom. The average molecular weight is 363 g/mol. The molecule has 0 aliphatic rings. The maximum absolute atomic E-state index is 12.6. The van der Waals surface area contributed by atoms with E-state index >= 15 is 0 Å². The Balaban J connectivity index is 2.10. The van der Waals surface area contributed by atoms with Gasteiger partial charge in [-0.2, -0.15) is 4.72 Å². The van der Waals surface area contributed by atoms with Crippen LogP contribution in [0.4, 0.5) is 0 Å². The van der Waals surface area contributed by atoms with Crippen LogP contribution < -0.4 is 10.0 Å². The SMILES string of the molecule is Cc1ccc(S(=O)(=O)N[C@H](CC(C)C)C(=O)NCc2ccc[nH]2)cc1. The fourth-order valence-electron chi connectivity index (χ4n) is 2.44. The number of hydrogen-bond acceptors (Lipinski definition) is 3. The molecule has 0 bridgehead atoms. The van der Waals surface area contributed by atoms with Crippen LogP contribution in [-0.4, -0.2) is 25.4 Å². The molecule has 0 fully saturated rings. The van der Waals surface area contributed by atoms with E-state index in [-0.39, 0.29) is 16.7 Å². The molecule has 1 aromatic carbocycles. The predicted octanol–water partition coefficient (Wildman–Crippen LogP) is 2.33. The molecule has 25 heavy (non-hydrogen) atoms. The van der Waals surface area contributed by atoms with Crippen LogP contribution in [-0.2, 0) is 21.4 Å². The lowest BCUT2D eigenvalue weighted by molar-refractivity contribution is -0.123. The number of aromatic amines is 1. The lowest BCUT2D eigenvalue weighted by Gasteiger charge is -2.20. The summed E-state index contributed by atoms with van der Waals surface area (Å²) in [6, 6.07) is 9.43. The summed E-state index contributed by atoms with van der Waals surface area (Å²) in [7, 11) is -3.76. The molecule has 0 radical (unpaired) electrons. The van der Waals surface area contributed by atoms with E-state index in [1.807, 2.05) is 32.9 Å². The van der Waals surface area contributed by atoms with Crippen molar-refractivity contribution >= 4 is 15.9 Å². The summed E-state index contributed by atoms with van der Waals surface area (Å²) in [5.74, 6) is -0.166. The minimum Gasteiger partial charge on any atom is -0.364 e. The van der Waals surface area contributed by atoms with Crippen molar-refractivity contribution in [3.8, 4) is 0 Å². The van der Waals surface area contributed by atoms with Crippen LogP contribution in [0.5, 0.6) is 0 Å². The van der Waals surface area contributed by atoms with Crippen LogP contribution in [0.2, 0.25) is 0 Å². The van der Waals surface area contributed by atoms with Crippen molar-refractivity contribution in [3.05, 3.63) is 53.9 Å². The molecule has 136 valence electrons. The van der Waals surface area contributed by atoms with Gasteiger partial charge in [-0.15, -0.1) is 0 Å². The van der Waals surface area contributed by atoms with Crippen LogP contribution >= 0.6 is 0 Å². The Kier molecular flexibility index (Phi) is 6.39. The molecule has 1 amide bonds. The van der Waals surface area contributed by atoms with Crippen LogP contribution in [0, 0.1) is 12.8 Å². The van der Waals surface area contributed by atoms with Gasteiger partial charge in [-0.05, 0) is 43.5 Å². The van der Waals surface area contributed by atoms with Gasteiger partial charge in [0.2, 0.25) is 15.9 Å². The van der Waals surface area contributed by atoms with Crippen LogP contribution in [0.15, 0.2) is 47.5 Å². The molecule has 0 aliphatic heterocycles. The highest BCUT2D eigenvalue weighted by Gasteiger charge is 2.26. The predicted molar refractivity (Wildman–Crippen MR) is 97.4 cm³/mol. The van der Waals surface area contributed by atoms with Gasteiger partial charge in [-0.3, -0.25) is 4.79 Å². The summed E-state index contributed by atoms with van der Waals surface area (Å²) in [5.41, 5.74) is 1.83. The average Bonchev–Trinajstić information content (AvgIpc) is 3.05. The summed E-state index contributed by atoms with van der Waals surface area (Å²) in [6.07, 6.45) is 2.19. The van der Waals surface area contributed by atoms with Gasteiger partial charge in [-0.1, -0.05) is 31.5 Å². The van der Waals surface area contributed by atoms with E-state index in [9.17, 15) is 13.2 Å². The van der Waals surface area contributed by atoms with E-state index in [0.717, 1.165) is 11.3 Å². The molecule has 0 spiro atoms. The zero-order valence-electron chi connectivity index (χ0n) is 14.7. The van der Waals surface area contributed by atoms with Crippen molar-refractivity contribution in [2.45, 2.75) is 44.7 Å². The molecule has 1 atom stereocenters. The van der Waals surface area contributed by atoms with Crippen molar-refractivity contribution in [3.63, 3.8) is 0 Å². The maximum Gasteiger partial charge on any atom is 0.241 e. The van der Waals surface area contributed by atoms with E-state index < -0.39 is 16.1 Å². The van der Waals surface area contributed by atoms with Crippen molar-refractivity contribution in [1.82, 2.24) is 15.0 Å². The lowest BCUT2D eigenvalue weighted by atomic mass is 10.0. The monoisotopic (exact) mass is 363 g/mol. The number of benzene rings is 1. The van der Waals surface area contributed by atoms with Crippen molar-refractivity contribution < 1.29 is 13.2 Å². The first-order valence-electron chi connectivity index (χ1n) is 8.27. The van der Waals surface area contributed by atoms with Gasteiger partial charge < -0.3 is 10.3 Å². The van der Waals surface area contributed by atoms with Crippen molar-refractivity contribution in [2.24, 2.45) is 5.92 Å². The fourth-order valence-corrected chi connectivity index (χ4v) is 3.64. The van der Waals surface area contributed by atoms with Crippen molar-refractivity contribution in [2.75, 3.05) is 0 Å². The highest BCUT2D eigenvalue weighted by molar-refractivity contribution is 7.89. The second-order valence-electron chi connectivity index (χ2n) is 6.53. The Labute approximate surface area is 149 Å². The second kappa shape index (κ2) is 8.31. The lowest BCUT2D eigenvalue weighted by Crippen LogP contribution is -2.47. The Bertz CT molecular complexity index is 781. The molecule has 6 nitrogen and oxygen atoms in total.